The minimum atomic E-state index is -0.482. The molecule has 0 aliphatic heterocycles. The second-order valence-corrected chi connectivity index (χ2v) is 5.77. The summed E-state index contributed by atoms with van der Waals surface area (Å²) in [5.41, 5.74) is 1.11. The lowest BCUT2D eigenvalue weighted by molar-refractivity contribution is 0.0939. The Hall–Kier alpha value is -3.22. The zero-order chi connectivity index (χ0) is 18.5. The first-order valence-electron chi connectivity index (χ1n) is 8.38. The number of nitrogens with one attached hydrogen (secondary N) is 2. The van der Waals surface area contributed by atoms with Gasteiger partial charge in [-0.05, 0) is 24.6 Å². The Morgan fingerprint density at radius 2 is 1.85 bits per heavy atom. The first kappa shape index (κ1) is 17.6. The molecule has 26 heavy (non-hydrogen) atoms. The molecule has 3 aromatic rings. The van der Waals surface area contributed by atoms with E-state index >= 15 is 0 Å². The Labute approximate surface area is 150 Å². The van der Waals surface area contributed by atoms with Gasteiger partial charge in [0.2, 0.25) is 5.82 Å². The molecule has 0 aliphatic rings. The number of rotatable bonds is 6. The molecule has 2 N–H and O–H groups in total. The van der Waals surface area contributed by atoms with Crippen LogP contribution in [-0.4, -0.2) is 27.7 Å². The number of hydrogen-bond donors (Lipinski definition) is 2. The summed E-state index contributed by atoms with van der Waals surface area (Å²) in [6, 6.07) is 11.5. The highest BCUT2D eigenvalue weighted by molar-refractivity contribution is 6.02. The SMILES string of the molecule is CCCNC(=O)c1nc(C(=O)NCc2ccccc2F)n2ccccc12. The number of amides is 2. The van der Waals surface area contributed by atoms with Gasteiger partial charge in [0, 0.05) is 24.8 Å². The van der Waals surface area contributed by atoms with Gasteiger partial charge in [-0.1, -0.05) is 31.2 Å². The maximum Gasteiger partial charge on any atom is 0.287 e. The number of halogens is 1. The van der Waals surface area contributed by atoms with Crippen molar-refractivity contribution in [1.29, 1.82) is 0 Å². The summed E-state index contributed by atoms with van der Waals surface area (Å²) >= 11 is 0. The molecule has 3 rings (SSSR count). The molecule has 0 bridgehead atoms. The Bertz CT molecular complexity index is 952. The van der Waals surface area contributed by atoms with Gasteiger partial charge < -0.3 is 10.6 Å². The van der Waals surface area contributed by atoms with Crippen molar-refractivity contribution < 1.29 is 14.0 Å². The third-order valence-corrected chi connectivity index (χ3v) is 3.90. The molecule has 0 fully saturated rings. The maximum absolute atomic E-state index is 13.7. The minimum Gasteiger partial charge on any atom is -0.351 e. The lowest BCUT2D eigenvalue weighted by Crippen LogP contribution is -2.26. The van der Waals surface area contributed by atoms with Crippen molar-refractivity contribution >= 4 is 17.3 Å². The van der Waals surface area contributed by atoms with Crippen molar-refractivity contribution in [3.63, 3.8) is 0 Å². The lowest BCUT2D eigenvalue weighted by Gasteiger charge is -2.05. The van der Waals surface area contributed by atoms with Crippen LogP contribution >= 0.6 is 0 Å². The number of hydrogen-bond acceptors (Lipinski definition) is 3. The van der Waals surface area contributed by atoms with Crippen LogP contribution in [0.5, 0.6) is 0 Å². The molecule has 2 aromatic heterocycles. The Kier molecular flexibility index (Phi) is 5.26. The smallest absolute Gasteiger partial charge is 0.287 e. The fourth-order valence-corrected chi connectivity index (χ4v) is 2.58. The van der Waals surface area contributed by atoms with Crippen LogP contribution < -0.4 is 10.6 Å². The van der Waals surface area contributed by atoms with E-state index in [4.69, 9.17) is 0 Å². The van der Waals surface area contributed by atoms with Crippen LogP contribution in [0.2, 0.25) is 0 Å². The standard InChI is InChI=1S/C19H19FN4O2/c1-2-10-21-18(25)16-15-9-5-6-11-24(15)17(23-16)19(26)22-12-13-7-3-4-8-14(13)20/h3-9,11H,2,10,12H2,1H3,(H,21,25)(H,22,26). The number of carbonyl (C=O) groups excluding carboxylic acids is 2. The summed E-state index contributed by atoms with van der Waals surface area (Å²) in [5, 5.41) is 5.41. The van der Waals surface area contributed by atoms with Gasteiger partial charge >= 0.3 is 0 Å². The molecule has 1 aromatic carbocycles. The van der Waals surface area contributed by atoms with E-state index in [-0.39, 0.29) is 29.8 Å². The third-order valence-electron chi connectivity index (χ3n) is 3.90. The number of carbonyl (C=O) groups is 2. The lowest BCUT2D eigenvalue weighted by atomic mass is 10.2. The van der Waals surface area contributed by atoms with Crippen LogP contribution in [0.4, 0.5) is 4.39 Å². The maximum atomic E-state index is 13.7. The van der Waals surface area contributed by atoms with Gasteiger partial charge in [-0.3, -0.25) is 14.0 Å². The predicted octanol–water partition coefficient (Wildman–Crippen LogP) is 2.54. The summed E-state index contributed by atoms with van der Waals surface area (Å²) in [6.07, 6.45) is 2.46. The molecule has 2 amide bonds. The van der Waals surface area contributed by atoms with Crippen LogP contribution in [0.1, 0.15) is 40.0 Å². The van der Waals surface area contributed by atoms with E-state index in [0.29, 0.717) is 17.6 Å². The molecule has 2 heterocycles. The molecule has 0 radical (unpaired) electrons. The number of pyridine rings is 1. The summed E-state index contributed by atoms with van der Waals surface area (Å²) < 4.78 is 15.3. The van der Waals surface area contributed by atoms with Gasteiger partial charge in [-0.2, -0.15) is 0 Å². The van der Waals surface area contributed by atoms with Crippen molar-refractivity contribution in [2.75, 3.05) is 6.54 Å². The Morgan fingerprint density at radius 3 is 2.62 bits per heavy atom. The quantitative estimate of drug-likeness (QED) is 0.714. The summed E-state index contributed by atoms with van der Waals surface area (Å²) in [4.78, 5) is 29.1. The van der Waals surface area contributed by atoms with E-state index in [2.05, 4.69) is 15.6 Å². The topological polar surface area (TPSA) is 75.5 Å². The molecule has 134 valence electrons. The average molecular weight is 354 g/mol. The van der Waals surface area contributed by atoms with Gasteiger partial charge in [0.05, 0.1) is 5.52 Å². The van der Waals surface area contributed by atoms with Crippen LogP contribution in [0.15, 0.2) is 48.7 Å². The van der Waals surface area contributed by atoms with E-state index in [1.807, 2.05) is 6.92 Å². The Balaban J connectivity index is 1.86. The van der Waals surface area contributed by atoms with Crippen LogP contribution in [0.25, 0.3) is 5.52 Å². The van der Waals surface area contributed by atoms with Crippen molar-refractivity contribution in [3.8, 4) is 0 Å². The average Bonchev–Trinajstić information content (AvgIpc) is 3.05. The fourth-order valence-electron chi connectivity index (χ4n) is 2.58. The molecule has 0 unspecified atom stereocenters. The highest BCUT2D eigenvalue weighted by atomic mass is 19.1. The van der Waals surface area contributed by atoms with Crippen LogP contribution in [0, 0.1) is 5.82 Å². The predicted molar refractivity (Wildman–Crippen MR) is 95.4 cm³/mol. The minimum absolute atomic E-state index is 0.0324. The summed E-state index contributed by atoms with van der Waals surface area (Å²) in [5.74, 6) is -1.12. The van der Waals surface area contributed by atoms with Crippen molar-refractivity contribution in [2.45, 2.75) is 19.9 Å². The highest BCUT2D eigenvalue weighted by Crippen LogP contribution is 2.14. The van der Waals surface area contributed by atoms with Crippen molar-refractivity contribution in [2.24, 2.45) is 0 Å². The molecule has 0 atom stereocenters. The molecular weight excluding hydrogens is 335 g/mol. The van der Waals surface area contributed by atoms with Gasteiger partial charge in [0.1, 0.15) is 5.82 Å². The molecule has 0 spiro atoms. The van der Waals surface area contributed by atoms with Crippen molar-refractivity contribution in [1.82, 2.24) is 20.0 Å². The number of aromatic nitrogens is 2. The van der Waals surface area contributed by atoms with Crippen molar-refractivity contribution in [3.05, 3.63) is 71.6 Å². The monoisotopic (exact) mass is 354 g/mol. The molecular formula is C19H19FN4O2. The van der Waals surface area contributed by atoms with Gasteiger partial charge in [-0.15, -0.1) is 0 Å². The summed E-state index contributed by atoms with van der Waals surface area (Å²) in [6.45, 7) is 2.51. The number of nitrogens with zero attached hydrogens (tertiary/aromatic N) is 2. The third kappa shape index (κ3) is 3.56. The van der Waals surface area contributed by atoms with Gasteiger partial charge in [-0.25, -0.2) is 9.37 Å². The first-order valence-corrected chi connectivity index (χ1v) is 8.38. The molecule has 0 saturated carbocycles. The zero-order valence-electron chi connectivity index (χ0n) is 14.3. The zero-order valence-corrected chi connectivity index (χ0v) is 14.3. The van der Waals surface area contributed by atoms with E-state index in [9.17, 15) is 14.0 Å². The Morgan fingerprint density at radius 1 is 1.08 bits per heavy atom. The molecule has 7 heteroatoms. The van der Waals surface area contributed by atoms with Crippen LogP contribution in [0.3, 0.4) is 0 Å². The van der Waals surface area contributed by atoms with E-state index in [1.54, 1.807) is 47.0 Å². The number of fused-ring (bicyclic) bond motifs is 1. The molecule has 6 nitrogen and oxygen atoms in total. The van der Waals surface area contributed by atoms with Gasteiger partial charge in [0.15, 0.2) is 5.69 Å². The first-order chi connectivity index (χ1) is 12.6. The second kappa shape index (κ2) is 7.77. The second-order valence-electron chi connectivity index (χ2n) is 5.77. The molecule has 0 saturated heterocycles. The normalized spacial score (nSPS) is 10.7. The summed E-state index contributed by atoms with van der Waals surface area (Å²) in [7, 11) is 0. The van der Waals surface area contributed by atoms with Crippen LogP contribution in [-0.2, 0) is 6.54 Å². The van der Waals surface area contributed by atoms with E-state index < -0.39 is 5.91 Å². The van der Waals surface area contributed by atoms with E-state index in [1.165, 1.54) is 6.07 Å². The van der Waals surface area contributed by atoms with E-state index in [0.717, 1.165) is 6.42 Å². The molecule has 0 aliphatic carbocycles. The number of imidazole rings is 1. The largest absolute Gasteiger partial charge is 0.351 e. The fraction of sp³-hybridized carbons (Fsp3) is 0.211. The highest BCUT2D eigenvalue weighted by Gasteiger charge is 2.21. The number of benzene rings is 1. The van der Waals surface area contributed by atoms with Gasteiger partial charge in [0.25, 0.3) is 11.8 Å².